The van der Waals surface area contributed by atoms with Gasteiger partial charge in [-0.15, -0.1) is 20.3 Å². The van der Waals surface area contributed by atoms with Crippen LogP contribution in [0.4, 0.5) is 0 Å². The minimum Gasteiger partial charge on any atom is -0.355 e. The summed E-state index contributed by atoms with van der Waals surface area (Å²) in [6.45, 7) is 2.72. The van der Waals surface area contributed by atoms with Gasteiger partial charge >= 0.3 is 0 Å². The van der Waals surface area contributed by atoms with Crippen molar-refractivity contribution < 1.29 is 19.5 Å². The van der Waals surface area contributed by atoms with Gasteiger partial charge in [-0.25, -0.2) is 4.98 Å². The number of H-pyrrole nitrogens is 1. The van der Waals surface area contributed by atoms with Crippen molar-refractivity contribution in [2.75, 3.05) is 19.7 Å². The Morgan fingerprint density at radius 1 is 0.978 bits per heavy atom. The van der Waals surface area contributed by atoms with Gasteiger partial charge in [0.15, 0.2) is 0 Å². The molecule has 2 heterocycles. The van der Waals surface area contributed by atoms with E-state index in [4.69, 9.17) is 4.98 Å². The van der Waals surface area contributed by atoms with Crippen LogP contribution in [0.1, 0.15) is 54.4 Å². The fourth-order valence-electron chi connectivity index (χ4n) is 5.20. The second kappa shape index (κ2) is 15.4. The normalized spacial score (nSPS) is 11.0. The molecule has 0 saturated heterocycles. The Balaban J connectivity index is 1.32. The highest BCUT2D eigenvalue weighted by atomic mass is 16.9. The van der Waals surface area contributed by atoms with Gasteiger partial charge in [-0.05, 0) is 53.3 Å². The van der Waals surface area contributed by atoms with Crippen molar-refractivity contribution >= 4 is 22.8 Å². The number of tetrazole rings is 1. The number of imidazole rings is 1. The standard InChI is InChI=1S/C32H35N9O5/c1-2-3-13-28-35-27-12-8-11-26(32(43)34-20-29(42)33-18-6-7-19-46-41(44)45)30(27)40(28)21-22-14-16-23(17-15-22)24-9-4-5-10-25(24)31-36-38-39-37-31/h4-5,8-12,14-17H,2-3,6-7,13,18-21H2,1H3,(H,33,42)(H,34,43)(H,36,37,38,39). The Bertz CT molecular complexity index is 1790. The number of aryl methyl sites for hydroxylation is 1. The minimum atomic E-state index is -0.843. The summed E-state index contributed by atoms with van der Waals surface area (Å²) < 4.78 is 2.09. The number of aromatic nitrogens is 6. The average Bonchev–Trinajstić information content (AvgIpc) is 3.73. The maximum Gasteiger partial charge on any atom is 0.294 e. The highest BCUT2D eigenvalue weighted by Crippen LogP contribution is 2.30. The smallest absolute Gasteiger partial charge is 0.294 e. The molecule has 2 amide bonds. The molecule has 3 N–H and O–H groups in total. The van der Waals surface area contributed by atoms with Crippen molar-refractivity contribution in [3.8, 4) is 22.5 Å². The third-order valence-corrected chi connectivity index (χ3v) is 7.46. The van der Waals surface area contributed by atoms with Gasteiger partial charge in [0, 0.05) is 25.1 Å². The zero-order valence-corrected chi connectivity index (χ0v) is 25.4. The average molecular weight is 626 g/mol. The molecule has 0 fully saturated rings. The van der Waals surface area contributed by atoms with Crippen molar-refractivity contribution in [3.05, 3.63) is 93.8 Å². The van der Waals surface area contributed by atoms with Gasteiger partial charge in [0.1, 0.15) is 5.82 Å². The first-order valence-corrected chi connectivity index (χ1v) is 15.2. The molecule has 5 rings (SSSR count). The summed E-state index contributed by atoms with van der Waals surface area (Å²) in [4.78, 5) is 45.1. The molecule has 0 unspecified atom stereocenters. The van der Waals surface area contributed by atoms with Crippen LogP contribution in [0.3, 0.4) is 0 Å². The maximum atomic E-state index is 13.4. The number of benzene rings is 3. The van der Waals surface area contributed by atoms with E-state index >= 15 is 0 Å². The maximum absolute atomic E-state index is 13.4. The molecule has 238 valence electrons. The quantitative estimate of drug-likeness (QED) is 0.0825. The number of nitrogens with zero attached hydrogens (tertiary/aromatic N) is 6. The molecular formula is C32H35N9O5. The van der Waals surface area contributed by atoms with Crippen LogP contribution in [0.15, 0.2) is 66.7 Å². The molecule has 0 aliphatic carbocycles. The van der Waals surface area contributed by atoms with Crippen molar-refractivity contribution in [3.63, 3.8) is 0 Å². The van der Waals surface area contributed by atoms with Crippen molar-refractivity contribution in [2.24, 2.45) is 0 Å². The first-order chi connectivity index (χ1) is 22.4. The van der Waals surface area contributed by atoms with E-state index in [2.05, 4.69) is 71.9 Å². The highest BCUT2D eigenvalue weighted by Gasteiger charge is 2.19. The van der Waals surface area contributed by atoms with Gasteiger partial charge in [-0.2, -0.15) is 5.21 Å². The van der Waals surface area contributed by atoms with Crippen molar-refractivity contribution in [1.82, 2.24) is 40.8 Å². The van der Waals surface area contributed by atoms with Crippen molar-refractivity contribution in [2.45, 2.75) is 45.6 Å². The molecule has 0 bridgehead atoms. The summed E-state index contributed by atoms with van der Waals surface area (Å²) >= 11 is 0. The Morgan fingerprint density at radius 3 is 2.52 bits per heavy atom. The molecular weight excluding hydrogens is 590 g/mol. The van der Waals surface area contributed by atoms with Crippen LogP contribution in [0.5, 0.6) is 0 Å². The van der Waals surface area contributed by atoms with Gasteiger partial charge in [0.05, 0.1) is 29.7 Å². The first-order valence-electron chi connectivity index (χ1n) is 15.2. The fraction of sp³-hybridized carbons (Fsp3) is 0.312. The molecule has 0 spiro atoms. The Hall–Kier alpha value is -5.66. The minimum absolute atomic E-state index is 0.0306. The molecule has 0 aliphatic heterocycles. The molecule has 0 aliphatic rings. The van der Waals surface area contributed by atoms with E-state index in [-0.39, 0.29) is 25.0 Å². The zero-order chi connectivity index (χ0) is 32.3. The molecule has 3 aromatic carbocycles. The molecule has 14 nitrogen and oxygen atoms in total. The lowest BCUT2D eigenvalue weighted by Crippen LogP contribution is -2.37. The van der Waals surface area contributed by atoms with Crippen LogP contribution in [-0.4, -0.2) is 66.8 Å². The van der Waals surface area contributed by atoms with E-state index in [1.807, 2.05) is 30.3 Å². The van der Waals surface area contributed by atoms with Crippen LogP contribution >= 0.6 is 0 Å². The summed E-state index contributed by atoms with van der Waals surface area (Å²) in [7, 11) is 0. The Labute approximate surface area is 264 Å². The van der Waals surface area contributed by atoms with Crippen LogP contribution in [0.2, 0.25) is 0 Å². The Morgan fingerprint density at radius 2 is 1.78 bits per heavy atom. The van der Waals surface area contributed by atoms with E-state index < -0.39 is 5.09 Å². The van der Waals surface area contributed by atoms with E-state index in [9.17, 15) is 19.7 Å². The summed E-state index contributed by atoms with van der Waals surface area (Å²) in [6.07, 6.45) is 3.66. The number of hydrogen-bond donors (Lipinski definition) is 3. The molecule has 0 radical (unpaired) electrons. The molecule has 0 atom stereocenters. The third kappa shape index (κ3) is 7.88. The summed E-state index contributed by atoms with van der Waals surface area (Å²) in [5.74, 6) is 0.682. The van der Waals surface area contributed by atoms with Gasteiger partial charge in [-0.3, -0.25) is 9.59 Å². The summed E-state index contributed by atoms with van der Waals surface area (Å²) in [6, 6.07) is 21.6. The summed E-state index contributed by atoms with van der Waals surface area (Å²) in [5.41, 5.74) is 5.76. The SMILES string of the molecule is CCCCc1nc2cccc(C(=O)NCC(=O)NCCCCO[N+](=O)[O-])c2n1Cc1ccc(-c2ccccc2-c2nn[nH]n2)cc1. The molecule has 46 heavy (non-hydrogen) atoms. The van der Waals surface area contributed by atoms with Gasteiger partial charge < -0.3 is 20.0 Å². The van der Waals surface area contributed by atoms with Crippen LogP contribution in [0, 0.1) is 10.1 Å². The number of hydrogen-bond acceptors (Lipinski definition) is 9. The predicted molar refractivity (Wildman–Crippen MR) is 170 cm³/mol. The van der Waals surface area contributed by atoms with Crippen LogP contribution in [0.25, 0.3) is 33.5 Å². The van der Waals surface area contributed by atoms with Gasteiger partial charge in [0.2, 0.25) is 11.7 Å². The molecule has 0 saturated carbocycles. The predicted octanol–water partition coefficient (Wildman–Crippen LogP) is 4.11. The van der Waals surface area contributed by atoms with E-state index in [0.717, 1.165) is 47.3 Å². The Kier molecular flexibility index (Phi) is 10.6. The monoisotopic (exact) mass is 625 g/mol. The number of nitrogens with one attached hydrogen (secondary N) is 3. The topological polar surface area (TPSA) is 183 Å². The van der Waals surface area contributed by atoms with Crippen molar-refractivity contribution in [1.29, 1.82) is 0 Å². The lowest BCUT2D eigenvalue weighted by molar-refractivity contribution is -0.757. The number of carbonyl (C=O) groups excluding carboxylic acids is 2. The zero-order valence-electron chi connectivity index (χ0n) is 25.4. The number of amides is 2. The fourth-order valence-corrected chi connectivity index (χ4v) is 5.20. The number of para-hydroxylation sites is 1. The second-order valence-corrected chi connectivity index (χ2v) is 10.7. The third-order valence-electron chi connectivity index (χ3n) is 7.46. The van der Waals surface area contributed by atoms with E-state index in [1.54, 1.807) is 12.1 Å². The van der Waals surface area contributed by atoms with Gasteiger partial charge in [0.25, 0.3) is 11.0 Å². The molecule has 14 heteroatoms. The first kappa shape index (κ1) is 31.8. The number of carbonyl (C=O) groups is 2. The molecule has 5 aromatic rings. The largest absolute Gasteiger partial charge is 0.355 e. The van der Waals surface area contributed by atoms with Gasteiger partial charge in [-0.1, -0.05) is 67.9 Å². The van der Waals surface area contributed by atoms with E-state index in [1.165, 1.54) is 0 Å². The lowest BCUT2D eigenvalue weighted by atomic mass is 9.98. The molecule has 2 aromatic heterocycles. The van der Waals surface area contributed by atoms with E-state index in [0.29, 0.717) is 48.4 Å². The number of aromatic amines is 1. The highest BCUT2D eigenvalue weighted by molar-refractivity contribution is 6.06. The number of unbranched alkanes of at least 4 members (excludes halogenated alkanes) is 2. The summed E-state index contributed by atoms with van der Waals surface area (Å²) in [5, 5.41) is 29.3. The van der Waals surface area contributed by atoms with Crippen LogP contribution in [-0.2, 0) is 22.6 Å². The second-order valence-electron chi connectivity index (χ2n) is 10.7. The number of fused-ring (bicyclic) bond motifs is 1. The number of rotatable bonds is 16. The van der Waals surface area contributed by atoms with Crippen LogP contribution < -0.4 is 10.6 Å². The lowest BCUT2D eigenvalue weighted by Gasteiger charge is -2.13.